The van der Waals surface area contributed by atoms with E-state index in [0.717, 1.165) is 0 Å². The number of nitrogens with zero attached hydrogens (tertiary/aromatic N) is 1. The Hall–Kier alpha value is 0.0543. The fourth-order valence-corrected chi connectivity index (χ4v) is 0. The van der Waals surface area contributed by atoms with E-state index < -0.39 is 0 Å². The van der Waals surface area contributed by atoms with Crippen molar-refractivity contribution in [3.05, 3.63) is 5.41 Å². The number of hydrogen-bond donors (Lipinski definition) is 0. The summed E-state index contributed by atoms with van der Waals surface area (Å²) >= 11 is 0. The molecule has 0 saturated carbocycles. The summed E-state index contributed by atoms with van der Waals surface area (Å²) in [4.78, 5) is 8.24. The number of hydrogen-bond acceptors (Lipinski definition) is 1. The molecule has 3 nitrogen and oxygen atoms in total. The maximum atomic E-state index is 8.24. The maximum absolute atomic E-state index is 8.24. The second-order valence-electron chi connectivity index (χ2n) is 0.0913. The molecule has 0 unspecified atom stereocenters. The molecule has 0 aromatic rings. The van der Waals surface area contributed by atoms with E-state index in [2.05, 4.69) is 0 Å². The van der Waals surface area contributed by atoms with Crippen LogP contribution in [0.3, 0.4) is 0 Å². The van der Waals surface area contributed by atoms with Gasteiger partial charge in [0.1, 0.15) is 0 Å². The van der Waals surface area contributed by atoms with Gasteiger partial charge in [-0.25, -0.2) is 0 Å². The molecule has 5 heavy (non-hydrogen) atoms. The molecular weight excluding hydrogens is 106 g/mol. The molecule has 0 aliphatic rings. The van der Waals surface area contributed by atoms with E-state index in [1.165, 1.54) is 0 Å². The SMILES string of the molecule is [N-]=C=O.[O-2].[Ti+3]. The van der Waals surface area contributed by atoms with Crippen LogP contribution in [-0.4, -0.2) is 6.08 Å². The molecule has 1 radical (unpaired) electrons. The minimum atomic E-state index is 0. The van der Waals surface area contributed by atoms with Crippen molar-refractivity contribution in [2.24, 2.45) is 0 Å². The van der Waals surface area contributed by atoms with Crippen LogP contribution >= 0.6 is 0 Å². The molecule has 0 saturated heterocycles. The Kier molecular flexibility index (Phi) is 134. The third kappa shape index (κ3) is 5810. The third-order valence-electron chi connectivity index (χ3n) is 0. The van der Waals surface area contributed by atoms with Crippen LogP contribution in [0.1, 0.15) is 0 Å². The van der Waals surface area contributed by atoms with Crippen LogP contribution in [0.5, 0.6) is 0 Å². The van der Waals surface area contributed by atoms with Gasteiger partial charge in [-0.15, -0.1) is 0 Å². The van der Waals surface area contributed by atoms with Crippen molar-refractivity contribution in [1.29, 1.82) is 0 Å². The second-order valence-corrected chi connectivity index (χ2v) is 0.0913. The maximum Gasteiger partial charge on any atom is 3.00 e. The van der Waals surface area contributed by atoms with Crippen LogP contribution in [0.15, 0.2) is 0 Å². The molecule has 4 heteroatoms. The summed E-state index contributed by atoms with van der Waals surface area (Å²) in [6, 6.07) is 0. The monoisotopic (exact) mass is 106 g/mol. The Morgan fingerprint density at radius 2 is 1.60 bits per heavy atom. The van der Waals surface area contributed by atoms with Gasteiger partial charge in [-0.1, -0.05) is 0 Å². The molecule has 0 aromatic heterocycles. The molecule has 25 valence electrons. The third-order valence-corrected chi connectivity index (χ3v) is 0. The van der Waals surface area contributed by atoms with Gasteiger partial charge in [0, 0.05) is 0 Å². The normalized spacial score (nSPS) is 1.60. The second kappa shape index (κ2) is 34.0. The van der Waals surface area contributed by atoms with E-state index >= 15 is 0 Å². The zero-order chi connectivity index (χ0) is 2.71. The van der Waals surface area contributed by atoms with Crippen molar-refractivity contribution >= 4 is 6.08 Å². The molecule has 0 amide bonds. The first kappa shape index (κ1) is 19.7. The quantitative estimate of drug-likeness (QED) is 0.239. The zero-order valence-electron chi connectivity index (χ0n) is 2.26. The van der Waals surface area contributed by atoms with Gasteiger partial charge >= 0.3 is 21.7 Å². The summed E-state index contributed by atoms with van der Waals surface area (Å²) in [5.74, 6) is 0. The van der Waals surface area contributed by atoms with Crippen LogP contribution in [0.2, 0.25) is 0 Å². The minimum Gasteiger partial charge on any atom is -2.00 e. The molecular formula is CNO2Ti. The van der Waals surface area contributed by atoms with Gasteiger partial charge in [-0.05, 0) is 6.08 Å². The van der Waals surface area contributed by atoms with Crippen LogP contribution in [0.25, 0.3) is 5.41 Å². The summed E-state index contributed by atoms with van der Waals surface area (Å²) in [5, 5.41) is 6.76. The van der Waals surface area contributed by atoms with Gasteiger partial charge in [-0.2, -0.15) is 0 Å². The van der Waals surface area contributed by atoms with E-state index in [0.29, 0.717) is 6.08 Å². The molecule has 0 atom stereocenters. The fraction of sp³-hybridized carbons (Fsp3) is 0. The van der Waals surface area contributed by atoms with Gasteiger partial charge in [0.2, 0.25) is 0 Å². The molecule has 0 bridgehead atoms. The summed E-state index contributed by atoms with van der Waals surface area (Å²) in [5.41, 5.74) is 0. The van der Waals surface area contributed by atoms with Gasteiger partial charge < -0.3 is 10.9 Å². The predicted molar refractivity (Wildman–Crippen MR) is 9.74 cm³/mol. The van der Waals surface area contributed by atoms with Crippen LogP contribution < -0.4 is 0 Å². The topological polar surface area (TPSA) is 67.9 Å². The molecule has 0 heterocycles. The molecule has 0 N–H and O–H groups in total. The average Bonchev–Trinajstić information content (AvgIpc) is 0.918. The standard InChI is InChI=1S/CNO.O.Ti/c2-1-3;;/q-1;-2;+3. The van der Waals surface area contributed by atoms with E-state index in [1.54, 1.807) is 0 Å². The Morgan fingerprint density at radius 1 is 1.60 bits per heavy atom. The van der Waals surface area contributed by atoms with Crippen LogP contribution in [0, 0.1) is 0 Å². The van der Waals surface area contributed by atoms with Gasteiger partial charge in [0.25, 0.3) is 0 Å². The fourth-order valence-electron chi connectivity index (χ4n) is 0. The van der Waals surface area contributed by atoms with Crippen molar-refractivity contribution in [2.45, 2.75) is 0 Å². The van der Waals surface area contributed by atoms with E-state index in [4.69, 9.17) is 10.2 Å². The Bertz CT molecular complexity index is 30.6. The van der Waals surface area contributed by atoms with Crippen molar-refractivity contribution in [3.8, 4) is 0 Å². The molecule has 0 aliphatic heterocycles. The van der Waals surface area contributed by atoms with Crippen molar-refractivity contribution in [1.82, 2.24) is 0 Å². The summed E-state index contributed by atoms with van der Waals surface area (Å²) in [6.45, 7) is 0. The molecule has 0 aromatic carbocycles. The summed E-state index contributed by atoms with van der Waals surface area (Å²) < 4.78 is 0. The number of isocyanates is 1. The molecule has 0 spiro atoms. The summed E-state index contributed by atoms with van der Waals surface area (Å²) in [6.07, 6.45) is 0.500. The Morgan fingerprint density at radius 3 is 1.60 bits per heavy atom. The van der Waals surface area contributed by atoms with Crippen molar-refractivity contribution in [2.75, 3.05) is 0 Å². The number of carbonyl (C=O) groups excluding carboxylic acids is 1. The zero-order valence-corrected chi connectivity index (χ0v) is 3.83. The van der Waals surface area contributed by atoms with Gasteiger partial charge in [-0.3, -0.25) is 4.79 Å². The average molecular weight is 106 g/mol. The van der Waals surface area contributed by atoms with Crippen LogP contribution in [0.4, 0.5) is 0 Å². The first-order valence-electron chi connectivity index (χ1n) is 0.428. The predicted octanol–water partition coefficient (Wildman–Crippen LogP) is -0.230. The Labute approximate surface area is 44.1 Å². The number of rotatable bonds is 0. The van der Waals surface area contributed by atoms with E-state index in [1.807, 2.05) is 0 Å². The van der Waals surface area contributed by atoms with Crippen molar-refractivity contribution < 1.29 is 32.0 Å². The Balaban J connectivity index is -0.0000000200. The van der Waals surface area contributed by atoms with Crippen molar-refractivity contribution in [3.63, 3.8) is 0 Å². The largest absolute Gasteiger partial charge is 3.00 e. The first-order valence-corrected chi connectivity index (χ1v) is 0.428. The molecule has 0 rings (SSSR count). The van der Waals surface area contributed by atoms with Gasteiger partial charge in [0.15, 0.2) is 0 Å². The van der Waals surface area contributed by atoms with E-state index in [-0.39, 0.29) is 27.2 Å². The molecule has 0 aliphatic carbocycles. The van der Waals surface area contributed by atoms with E-state index in [9.17, 15) is 0 Å². The molecule has 0 fully saturated rings. The smallest absolute Gasteiger partial charge is 2.00 e. The summed E-state index contributed by atoms with van der Waals surface area (Å²) in [7, 11) is 0. The first-order chi connectivity index (χ1) is 1.41. The minimum absolute atomic E-state index is 0. The van der Waals surface area contributed by atoms with Crippen LogP contribution in [-0.2, 0) is 32.0 Å². The van der Waals surface area contributed by atoms with Gasteiger partial charge in [0.05, 0.1) is 0 Å².